The number of rotatable bonds is 10. The Bertz CT molecular complexity index is 2020. The molecule has 7 aromatic rings. The van der Waals surface area contributed by atoms with Crippen LogP contribution in [0.25, 0.3) is 44.4 Å². The number of benzene rings is 7. The summed E-state index contributed by atoms with van der Waals surface area (Å²) in [5.41, 5.74) is 15.3. The summed E-state index contributed by atoms with van der Waals surface area (Å²) in [5, 5.41) is 0. The SMILES string of the molecule is CP(C)C/C(=C(\B(c1ccc(-c2ccccc2)cc1)c1ccc(-c2ccccc2)cc1)c1ccc(-c2ccccc2)cc1)c1ccccc1. The molecule has 0 fully saturated rings. The first-order valence-corrected chi connectivity index (χ1v) is 19.5. The van der Waals surface area contributed by atoms with E-state index in [2.05, 4.69) is 207 Å². The highest BCUT2D eigenvalue weighted by molar-refractivity contribution is 7.56. The van der Waals surface area contributed by atoms with Gasteiger partial charge in [-0.25, -0.2) is 0 Å². The highest BCUT2D eigenvalue weighted by Crippen LogP contribution is 2.38. The van der Waals surface area contributed by atoms with Crippen molar-refractivity contribution >= 4 is 36.6 Å². The van der Waals surface area contributed by atoms with Gasteiger partial charge in [0.25, 0.3) is 0 Å². The summed E-state index contributed by atoms with van der Waals surface area (Å²) in [7, 11) is -0.220. The van der Waals surface area contributed by atoms with Gasteiger partial charge in [0.2, 0.25) is 6.71 Å². The van der Waals surface area contributed by atoms with Crippen molar-refractivity contribution in [2.75, 3.05) is 19.5 Å². The van der Waals surface area contributed by atoms with Crippen LogP contribution in [-0.2, 0) is 0 Å². The molecule has 0 aliphatic carbocycles. The molecule has 0 saturated heterocycles. The third-order valence-electron chi connectivity index (χ3n) is 9.22. The van der Waals surface area contributed by atoms with Crippen LogP contribution in [0.15, 0.2) is 194 Å². The van der Waals surface area contributed by atoms with Gasteiger partial charge in [0, 0.05) is 0 Å². The molecule has 0 unspecified atom stereocenters. The van der Waals surface area contributed by atoms with Crippen molar-refractivity contribution in [3.63, 3.8) is 0 Å². The zero-order valence-electron chi connectivity index (χ0n) is 28.2. The molecule has 0 atom stereocenters. The van der Waals surface area contributed by atoms with E-state index >= 15 is 0 Å². The Balaban J connectivity index is 1.45. The van der Waals surface area contributed by atoms with Gasteiger partial charge in [-0.1, -0.05) is 211 Å². The van der Waals surface area contributed by atoms with Crippen molar-refractivity contribution in [3.8, 4) is 33.4 Å². The smallest absolute Gasteiger partial charge is 0.109 e. The average Bonchev–Trinajstić information content (AvgIpc) is 3.18. The van der Waals surface area contributed by atoms with Crippen molar-refractivity contribution in [2.24, 2.45) is 0 Å². The van der Waals surface area contributed by atoms with Gasteiger partial charge >= 0.3 is 0 Å². The van der Waals surface area contributed by atoms with E-state index in [4.69, 9.17) is 0 Å². The summed E-state index contributed by atoms with van der Waals surface area (Å²) >= 11 is 0. The normalized spacial score (nSPS) is 11.7. The molecule has 2 heteroatoms. The van der Waals surface area contributed by atoms with Crippen LogP contribution in [0.3, 0.4) is 0 Å². The Hall–Kier alpha value is -5.23. The summed E-state index contributed by atoms with van der Waals surface area (Å²) < 4.78 is 0. The summed E-state index contributed by atoms with van der Waals surface area (Å²) in [5.74, 6) is 0. The van der Waals surface area contributed by atoms with Crippen LogP contribution in [0.1, 0.15) is 11.1 Å². The molecule has 0 heterocycles. The zero-order valence-corrected chi connectivity index (χ0v) is 29.1. The van der Waals surface area contributed by atoms with Gasteiger partial charge in [0.05, 0.1) is 0 Å². The lowest BCUT2D eigenvalue weighted by molar-refractivity contribution is 1.55. The molecule has 0 aromatic heterocycles. The fourth-order valence-corrected chi connectivity index (χ4v) is 7.78. The third kappa shape index (κ3) is 7.59. The summed E-state index contributed by atoms with van der Waals surface area (Å²) in [6.45, 7) is 4.82. The van der Waals surface area contributed by atoms with E-state index < -0.39 is 0 Å². The van der Waals surface area contributed by atoms with Gasteiger partial charge in [0.1, 0.15) is 0 Å². The number of allylic oxidation sites excluding steroid dienone is 1. The largest absolute Gasteiger partial charge is 0.242 e. The van der Waals surface area contributed by atoms with Gasteiger partial charge in [-0.05, 0) is 69.6 Å². The Labute approximate surface area is 293 Å². The maximum Gasteiger partial charge on any atom is 0.242 e. The topological polar surface area (TPSA) is 0 Å². The van der Waals surface area contributed by atoms with Gasteiger partial charge < -0.3 is 0 Å². The molecule has 49 heavy (non-hydrogen) atoms. The molecular formula is C47H40BP. The Morgan fingerprint density at radius 2 is 0.694 bits per heavy atom. The van der Waals surface area contributed by atoms with Crippen LogP contribution < -0.4 is 10.9 Å². The highest BCUT2D eigenvalue weighted by Gasteiger charge is 2.29. The van der Waals surface area contributed by atoms with E-state index in [0.29, 0.717) is 0 Å². The van der Waals surface area contributed by atoms with E-state index in [1.807, 2.05) is 0 Å². The first kappa shape index (κ1) is 32.3. The molecule has 7 aromatic carbocycles. The van der Waals surface area contributed by atoms with Crippen molar-refractivity contribution in [1.29, 1.82) is 0 Å². The standard InChI is InChI=1S/C47H40BP/c1-49(2)35-46(42-21-13-6-14-22-42)47(43-25-23-39(24-26-43)36-15-7-3-8-16-36)48(44-31-27-40(28-32-44)37-17-9-4-10-18-37)45-33-29-41(30-34-45)38-19-11-5-12-20-38/h3-34H,35H2,1-2H3/b47-46+. The second-order valence-corrected chi connectivity index (χ2v) is 15.3. The van der Waals surface area contributed by atoms with Crippen molar-refractivity contribution in [2.45, 2.75) is 0 Å². The molecule has 0 saturated carbocycles. The quantitative estimate of drug-likeness (QED) is 0.0788. The predicted molar refractivity (Wildman–Crippen MR) is 218 cm³/mol. The molecule has 236 valence electrons. The second kappa shape index (κ2) is 15.3. The minimum absolute atomic E-state index is 0.0300. The molecule has 0 amide bonds. The molecule has 0 bridgehead atoms. The predicted octanol–water partition coefficient (Wildman–Crippen LogP) is 11.2. The van der Waals surface area contributed by atoms with E-state index in [9.17, 15) is 0 Å². The Kier molecular flexibility index (Phi) is 10.1. The van der Waals surface area contributed by atoms with E-state index in [1.165, 1.54) is 66.5 Å². The minimum Gasteiger partial charge on any atom is -0.109 e. The van der Waals surface area contributed by atoms with Crippen LogP contribution in [0, 0.1) is 0 Å². The summed E-state index contributed by atoms with van der Waals surface area (Å²) in [6.07, 6.45) is 1.04. The minimum atomic E-state index is -0.220. The summed E-state index contributed by atoms with van der Waals surface area (Å²) in [4.78, 5) is 0. The zero-order chi connectivity index (χ0) is 33.4. The fraction of sp³-hybridized carbons (Fsp3) is 0.0638. The second-order valence-electron chi connectivity index (χ2n) is 12.8. The van der Waals surface area contributed by atoms with Crippen LogP contribution in [0.2, 0.25) is 0 Å². The van der Waals surface area contributed by atoms with E-state index in [1.54, 1.807) is 0 Å². The molecular weight excluding hydrogens is 606 g/mol. The first-order chi connectivity index (χ1) is 24.1. The van der Waals surface area contributed by atoms with E-state index in [-0.39, 0.29) is 14.6 Å². The summed E-state index contributed by atoms with van der Waals surface area (Å²) in [6, 6.07) is 70.9. The molecule has 0 N–H and O–H groups in total. The third-order valence-corrected chi connectivity index (χ3v) is 10.2. The van der Waals surface area contributed by atoms with Crippen molar-refractivity contribution in [1.82, 2.24) is 0 Å². The Morgan fingerprint density at radius 1 is 0.367 bits per heavy atom. The maximum atomic E-state index is 2.40. The van der Waals surface area contributed by atoms with Gasteiger partial charge in [-0.3, -0.25) is 0 Å². The average molecular weight is 647 g/mol. The van der Waals surface area contributed by atoms with Crippen LogP contribution in [0.4, 0.5) is 0 Å². The van der Waals surface area contributed by atoms with Gasteiger partial charge in [-0.15, -0.1) is 7.92 Å². The lowest BCUT2D eigenvalue weighted by Gasteiger charge is -2.26. The monoisotopic (exact) mass is 646 g/mol. The van der Waals surface area contributed by atoms with Gasteiger partial charge in [0.15, 0.2) is 0 Å². The highest BCUT2D eigenvalue weighted by atomic mass is 31.1. The number of hydrogen-bond acceptors (Lipinski definition) is 0. The number of hydrogen-bond donors (Lipinski definition) is 0. The maximum absolute atomic E-state index is 2.40. The molecule has 0 spiro atoms. The lowest BCUT2D eigenvalue weighted by Crippen LogP contribution is -2.44. The first-order valence-electron chi connectivity index (χ1n) is 17.0. The molecule has 7 rings (SSSR count). The molecule has 0 aliphatic heterocycles. The van der Waals surface area contributed by atoms with Crippen LogP contribution >= 0.6 is 7.92 Å². The van der Waals surface area contributed by atoms with Crippen molar-refractivity contribution in [3.05, 3.63) is 205 Å². The van der Waals surface area contributed by atoms with Crippen LogP contribution in [0.5, 0.6) is 0 Å². The lowest BCUT2D eigenvalue weighted by atomic mass is 9.34. The molecule has 0 aliphatic rings. The van der Waals surface area contributed by atoms with E-state index in [0.717, 1.165) is 6.16 Å². The van der Waals surface area contributed by atoms with Crippen LogP contribution in [-0.4, -0.2) is 26.2 Å². The Morgan fingerprint density at radius 3 is 1.06 bits per heavy atom. The van der Waals surface area contributed by atoms with Gasteiger partial charge in [-0.2, -0.15) is 0 Å². The van der Waals surface area contributed by atoms with Crippen molar-refractivity contribution < 1.29 is 0 Å². The molecule has 0 radical (unpaired) electrons. The molecule has 0 nitrogen and oxygen atoms in total. The fourth-order valence-electron chi connectivity index (χ4n) is 6.80.